The maximum Gasteiger partial charge on any atom is 0.325 e. The van der Waals surface area contributed by atoms with Crippen molar-refractivity contribution in [2.24, 2.45) is 4.99 Å². The summed E-state index contributed by atoms with van der Waals surface area (Å²) in [5.74, 6) is -1.63. The molecular weight excluding hydrogens is 475 g/mol. The van der Waals surface area contributed by atoms with Gasteiger partial charge < -0.3 is 9.30 Å². The monoisotopic (exact) mass is 484 g/mol. The zero-order valence-corrected chi connectivity index (χ0v) is 17.7. The van der Waals surface area contributed by atoms with Gasteiger partial charge in [0.1, 0.15) is 6.54 Å². The molecule has 0 fully saturated rings. The van der Waals surface area contributed by atoms with Gasteiger partial charge in [-0.25, -0.2) is 0 Å². The van der Waals surface area contributed by atoms with Gasteiger partial charge >= 0.3 is 5.97 Å². The quantitative estimate of drug-likeness (QED) is 0.304. The molecule has 0 N–H and O–H groups in total. The summed E-state index contributed by atoms with van der Waals surface area (Å²) in [6.45, 7) is -0.334. The van der Waals surface area contributed by atoms with Gasteiger partial charge in [0.05, 0.1) is 43.8 Å². The van der Waals surface area contributed by atoms with Gasteiger partial charge in [-0.2, -0.15) is 4.99 Å². The Labute approximate surface area is 186 Å². The minimum Gasteiger partial charge on any atom is -0.468 e. The Morgan fingerprint density at radius 2 is 1.71 bits per heavy atom. The number of benzene rings is 2. The standard InChI is InChI=1S/C17H10Cl2N4O7S/c1-30-14(24)7-21-15-12(19)4-9(18)5-13(15)31-17(21)20-16(25)8-2-10(22(26)27)6-11(3-8)23(28)29/h2-6H,7H2,1H3. The highest BCUT2D eigenvalue weighted by Gasteiger charge is 2.21. The van der Waals surface area contributed by atoms with Crippen molar-refractivity contribution < 1.29 is 24.2 Å². The summed E-state index contributed by atoms with van der Waals surface area (Å²) in [4.78, 5) is 48.9. The SMILES string of the molecule is COC(=O)Cn1c(=NC(=O)c2cc([N+](=O)[O-])cc([N+](=O)[O-])c2)sc2cc(Cl)cc(Cl)c21. The topological polar surface area (TPSA) is 147 Å². The van der Waals surface area contributed by atoms with Crippen molar-refractivity contribution in [2.75, 3.05) is 7.11 Å². The predicted molar refractivity (Wildman–Crippen MR) is 111 cm³/mol. The number of esters is 1. The van der Waals surface area contributed by atoms with Crippen molar-refractivity contribution in [3.05, 3.63) is 71.0 Å². The molecule has 0 saturated carbocycles. The average molecular weight is 485 g/mol. The fraction of sp³-hybridized carbons (Fsp3) is 0.118. The minimum absolute atomic E-state index is 0.0173. The molecule has 0 radical (unpaired) electrons. The number of thiazole rings is 1. The van der Waals surface area contributed by atoms with Crippen molar-refractivity contribution in [2.45, 2.75) is 6.54 Å². The molecule has 2 aromatic carbocycles. The summed E-state index contributed by atoms with van der Waals surface area (Å²) < 4.78 is 6.50. The number of hydrogen-bond acceptors (Lipinski definition) is 8. The van der Waals surface area contributed by atoms with E-state index in [2.05, 4.69) is 9.73 Å². The zero-order chi connectivity index (χ0) is 22.9. The predicted octanol–water partition coefficient (Wildman–Crippen LogP) is 3.74. The van der Waals surface area contributed by atoms with Gasteiger partial charge in [0.25, 0.3) is 17.3 Å². The molecule has 0 spiro atoms. The van der Waals surface area contributed by atoms with Gasteiger partial charge in [-0.1, -0.05) is 34.5 Å². The maximum atomic E-state index is 12.7. The van der Waals surface area contributed by atoms with Crippen molar-refractivity contribution in [1.82, 2.24) is 4.57 Å². The van der Waals surface area contributed by atoms with Crippen LogP contribution < -0.4 is 4.80 Å². The van der Waals surface area contributed by atoms with E-state index in [-0.39, 0.29) is 21.9 Å². The molecule has 0 aliphatic carbocycles. The fourth-order valence-electron chi connectivity index (χ4n) is 2.64. The van der Waals surface area contributed by atoms with Crippen LogP contribution in [0.1, 0.15) is 10.4 Å². The number of rotatable bonds is 5. The molecule has 0 atom stereocenters. The number of nitrogens with zero attached hydrogens (tertiary/aromatic N) is 4. The molecule has 0 aliphatic rings. The number of carbonyl (C=O) groups is 2. The van der Waals surface area contributed by atoms with Gasteiger partial charge in [0, 0.05) is 17.2 Å². The van der Waals surface area contributed by atoms with Crippen LogP contribution in [0.2, 0.25) is 10.0 Å². The first-order chi connectivity index (χ1) is 14.6. The second-order valence-corrected chi connectivity index (χ2v) is 7.80. The van der Waals surface area contributed by atoms with E-state index in [1.54, 1.807) is 6.07 Å². The van der Waals surface area contributed by atoms with Crippen molar-refractivity contribution in [3.63, 3.8) is 0 Å². The number of nitro benzene ring substituents is 2. The Morgan fingerprint density at radius 3 is 2.26 bits per heavy atom. The van der Waals surface area contributed by atoms with Crippen LogP contribution in [0.25, 0.3) is 10.2 Å². The number of methoxy groups -OCH3 is 1. The van der Waals surface area contributed by atoms with Crippen LogP contribution in [-0.2, 0) is 16.1 Å². The Kier molecular flexibility index (Phi) is 6.34. The second kappa shape index (κ2) is 8.79. The third kappa shape index (κ3) is 4.71. The Balaban J connectivity index is 2.22. The highest BCUT2D eigenvalue weighted by Crippen LogP contribution is 2.30. The highest BCUT2D eigenvalue weighted by molar-refractivity contribution is 7.16. The van der Waals surface area contributed by atoms with Crippen molar-refractivity contribution in [3.8, 4) is 0 Å². The normalized spacial score (nSPS) is 11.5. The summed E-state index contributed by atoms with van der Waals surface area (Å²) in [6, 6.07) is 5.49. The summed E-state index contributed by atoms with van der Waals surface area (Å²) in [5.41, 5.74) is -1.27. The number of halogens is 2. The van der Waals surface area contributed by atoms with Crippen molar-refractivity contribution in [1.29, 1.82) is 0 Å². The maximum absolute atomic E-state index is 12.7. The zero-order valence-electron chi connectivity index (χ0n) is 15.4. The van der Waals surface area contributed by atoms with Gasteiger partial charge in [0.2, 0.25) is 0 Å². The number of fused-ring (bicyclic) bond motifs is 1. The van der Waals surface area contributed by atoms with Gasteiger partial charge in [0.15, 0.2) is 4.80 Å². The number of amides is 1. The fourth-order valence-corrected chi connectivity index (χ4v) is 4.45. The molecule has 0 unspecified atom stereocenters. The number of aromatic nitrogens is 1. The molecular formula is C17H10Cl2N4O7S. The van der Waals surface area contributed by atoms with E-state index in [0.29, 0.717) is 15.2 Å². The first-order valence-corrected chi connectivity index (χ1v) is 9.76. The van der Waals surface area contributed by atoms with E-state index in [1.807, 2.05) is 0 Å². The molecule has 160 valence electrons. The van der Waals surface area contributed by atoms with E-state index >= 15 is 0 Å². The van der Waals surface area contributed by atoms with Crippen LogP contribution in [0.4, 0.5) is 11.4 Å². The Bertz CT molecular complexity index is 1300. The third-order valence-corrected chi connectivity index (χ3v) is 5.51. The largest absolute Gasteiger partial charge is 0.468 e. The molecule has 1 amide bonds. The molecule has 0 bridgehead atoms. The van der Waals surface area contributed by atoms with E-state index in [0.717, 1.165) is 29.5 Å². The van der Waals surface area contributed by atoms with Crippen LogP contribution in [0.3, 0.4) is 0 Å². The second-order valence-electron chi connectivity index (χ2n) is 5.95. The highest BCUT2D eigenvalue weighted by atomic mass is 35.5. The molecule has 1 heterocycles. The lowest BCUT2D eigenvalue weighted by Crippen LogP contribution is -2.22. The van der Waals surface area contributed by atoms with Crippen LogP contribution in [-0.4, -0.2) is 33.4 Å². The lowest BCUT2D eigenvalue weighted by molar-refractivity contribution is -0.394. The molecule has 1 aromatic heterocycles. The lowest BCUT2D eigenvalue weighted by Gasteiger charge is -2.05. The molecule has 0 saturated heterocycles. The Hall–Kier alpha value is -3.35. The molecule has 3 aromatic rings. The summed E-state index contributed by atoms with van der Waals surface area (Å²) in [5, 5.41) is 22.6. The number of non-ortho nitro benzene ring substituents is 2. The molecule has 0 aliphatic heterocycles. The summed E-state index contributed by atoms with van der Waals surface area (Å²) in [6.07, 6.45) is 0. The van der Waals surface area contributed by atoms with E-state index < -0.39 is 33.1 Å². The smallest absolute Gasteiger partial charge is 0.325 e. The number of carbonyl (C=O) groups excluding carboxylic acids is 2. The number of nitro groups is 2. The van der Waals surface area contributed by atoms with Gasteiger partial charge in [-0.3, -0.25) is 29.8 Å². The average Bonchev–Trinajstić information content (AvgIpc) is 3.03. The third-order valence-electron chi connectivity index (χ3n) is 3.98. The summed E-state index contributed by atoms with van der Waals surface area (Å²) in [7, 11) is 1.18. The Morgan fingerprint density at radius 1 is 1.10 bits per heavy atom. The number of hydrogen-bond donors (Lipinski definition) is 0. The molecule has 31 heavy (non-hydrogen) atoms. The first kappa shape index (κ1) is 22.3. The number of ether oxygens (including phenoxy) is 1. The molecule has 3 rings (SSSR count). The first-order valence-electron chi connectivity index (χ1n) is 8.19. The summed E-state index contributed by atoms with van der Waals surface area (Å²) >= 11 is 13.2. The van der Waals surface area contributed by atoms with E-state index in [9.17, 15) is 29.8 Å². The van der Waals surface area contributed by atoms with E-state index in [1.165, 1.54) is 17.7 Å². The van der Waals surface area contributed by atoms with Crippen LogP contribution in [0.5, 0.6) is 0 Å². The molecule has 14 heteroatoms. The van der Waals surface area contributed by atoms with Crippen LogP contribution in [0, 0.1) is 20.2 Å². The van der Waals surface area contributed by atoms with Crippen LogP contribution >= 0.6 is 34.5 Å². The van der Waals surface area contributed by atoms with Crippen LogP contribution in [0.15, 0.2) is 35.3 Å². The van der Waals surface area contributed by atoms with Gasteiger partial charge in [-0.15, -0.1) is 0 Å². The van der Waals surface area contributed by atoms with Gasteiger partial charge in [-0.05, 0) is 12.1 Å². The van der Waals surface area contributed by atoms with E-state index in [4.69, 9.17) is 23.2 Å². The lowest BCUT2D eigenvalue weighted by atomic mass is 10.1. The minimum atomic E-state index is -0.987. The molecule has 11 nitrogen and oxygen atoms in total. The van der Waals surface area contributed by atoms with Crippen molar-refractivity contribution >= 4 is 68.0 Å².